The summed E-state index contributed by atoms with van der Waals surface area (Å²) in [6, 6.07) is 10.8. The second kappa shape index (κ2) is 9.44. The lowest BCUT2D eigenvalue weighted by Gasteiger charge is -2.23. The lowest BCUT2D eigenvalue weighted by atomic mass is 10.1. The average Bonchev–Trinajstić information content (AvgIpc) is 3.44. The van der Waals surface area contributed by atoms with Gasteiger partial charge in [0.2, 0.25) is 5.95 Å². The number of fused-ring (bicyclic) bond motifs is 1. The molecule has 2 aromatic carbocycles. The van der Waals surface area contributed by atoms with Gasteiger partial charge in [-0.05, 0) is 55.5 Å². The van der Waals surface area contributed by atoms with E-state index in [9.17, 15) is 4.79 Å². The van der Waals surface area contributed by atoms with Crippen molar-refractivity contribution in [3.05, 3.63) is 64.6 Å². The number of carbonyl (C=O) groups is 1. The van der Waals surface area contributed by atoms with Crippen LogP contribution in [-0.4, -0.2) is 42.2 Å². The fraction of sp³-hybridized carbons (Fsp3) is 0.333. The highest BCUT2D eigenvalue weighted by Crippen LogP contribution is 2.35. The standard InChI is InChI=1S/C24H25ClN6O3/c1-30-24(28-20(29-30)12-7-15-5-8-16(9-6-15)23(32)33)27-18-10-11-19-17(22(18)25)14-26-31(19)21-4-2-3-13-34-21/h5-6,8-11,14,21H,2-4,7,12-13H2,1H3,(H,32,33)(H,27,28,29). The summed E-state index contributed by atoms with van der Waals surface area (Å²) in [4.78, 5) is 15.6. The highest BCUT2D eigenvalue weighted by molar-refractivity contribution is 6.38. The molecule has 1 fully saturated rings. The van der Waals surface area contributed by atoms with Gasteiger partial charge in [0.25, 0.3) is 0 Å². The van der Waals surface area contributed by atoms with E-state index in [1.54, 1.807) is 23.0 Å². The number of anilines is 2. The fourth-order valence-electron chi connectivity index (χ4n) is 4.17. The highest BCUT2D eigenvalue weighted by atomic mass is 35.5. The Kier molecular flexibility index (Phi) is 6.21. The minimum atomic E-state index is -0.930. The molecule has 0 aliphatic carbocycles. The van der Waals surface area contributed by atoms with Crippen LogP contribution in [0.25, 0.3) is 10.9 Å². The number of benzene rings is 2. The van der Waals surface area contributed by atoms with Crippen LogP contribution in [0.1, 0.15) is 47.2 Å². The lowest BCUT2D eigenvalue weighted by Crippen LogP contribution is -2.18. The molecule has 9 nitrogen and oxygen atoms in total. The number of aryl methyl sites for hydroxylation is 3. The van der Waals surface area contributed by atoms with E-state index < -0.39 is 5.97 Å². The van der Waals surface area contributed by atoms with Gasteiger partial charge in [0, 0.05) is 25.5 Å². The van der Waals surface area contributed by atoms with E-state index in [0.717, 1.165) is 48.0 Å². The van der Waals surface area contributed by atoms with Gasteiger partial charge < -0.3 is 15.2 Å². The number of halogens is 1. The largest absolute Gasteiger partial charge is 0.478 e. The predicted octanol–water partition coefficient (Wildman–Crippen LogP) is 4.74. The summed E-state index contributed by atoms with van der Waals surface area (Å²) in [6.07, 6.45) is 6.21. The van der Waals surface area contributed by atoms with Crippen LogP contribution in [-0.2, 0) is 24.6 Å². The van der Waals surface area contributed by atoms with Crippen LogP contribution < -0.4 is 5.32 Å². The van der Waals surface area contributed by atoms with Crippen LogP contribution in [0.4, 0.5) is 11.6 Å². The van der Waals surface area contributed by atoms with Crippen molar-refractivity contribution in [2.75, 3.05) is 11.9 Å². The van der Waals surface area contributed by atoms with Crippen LogP contribution in [0.2, 0.25) is 5.02 Å². The van der Waals surface area contributed by atoms with Crippen molar-refractivity contribution in [1.29, 1.82) is 0 Å². The molecule has 3 heterocycles. The van der Waals surface area contributed by atoms with Gasteiger partial charge in [-0.1, -0.05) is 23.7 Å². The maximum Gasteiger partial charge on any atom is 0.335 e. The summed E-state index contributed by atoms with van der Waals surface area (Å²) in [5, 5.41) is 22.8. The molecule has 10 heteroatoms. The molecule has 176 valence electrons. The van der Waals surface area contributed by atoms with Gasteiger partial charge in [-0.15, -0.1) is 0 Å². The van der Waals surface area contributed by atoms with Gasteiger partial charge in [0.1, 0.15) is 0 Å². The Morgan fingerprint density at radius 1 is 1.21 bits per heavy atom. The number of hydrogen-bond acceptors (Lipinski definition) is 6. The molecule has 34 heavy (non-hydrogen) atoms. The van der Waals surface area contributed by atoms with Crippen LogP contribution in [0.3, 0.4) is 0 Å². The normalized spacial score (nSPS) is 16.1. The molecular weight excluding hydrogens is 456 g/mol. The SMILES string of the molecule is Cn1nc(CCc2ccc(C(=O)O)cc2)nc1Nc1ccc2c(cnn2C2CCCCO2)c1Cl. The molecule has 2 N–H and O–H groups in total. The van der Waals surface area contributed by atoms with Crippen molar-refractivity contribution in [2.24, 2.45) is 7.05 Å². The number of aromatic carboxylic acids is 1. The number of hydrogen-bond donors (Lipinski definition) is 2. The highest BCUT2D eigenvalue weighted by Gasteiger charge is 2.20. The third-order valence-corrected chi connectivity index (χ3v) is 6.44. The molecule has 0 saturated carbocycles. The monoisotopic (exact) mass is 480 g/mol. The zero-order valence-corrected chi connectivity index (χ0v) is 19.5. The first-order valence-electron chi connectivity index (χ1n) is 11.3. The van der Waals surface area contributed by atoms with Crippen molar-refractivity contribution in [1.82, 2.24) is 24.5 Å². The Balaban J connectivity index is 1.30. The van der Waals surface area contributed by atoms with E-state index in [1.165, 1.54) is 0 Å². The zero-order valence-electron chi connectivity index (χ0n) is 18.7. The second-order valence-electron chi connectivity index (χ2n) is 8.37. The Morgan fingerprint density at radius 3 is 2.76 bits per heavy atom. The number of carboxylic acids is 1. The molecule has 1 aliphatic heterocycles. The smallest absolute Gasteiger partial charge is 0.335 e. The molecule has 1 saturated heterocycles. The molecule has 1 atom stereocenters. The van der Waals surface area contributed by atoms with Gasteiger partial charge in [-0.2, -0.15) is 15.2 Å². The Morgan fingerprint density at radius 2 is 2.03 bits per heavy atom. The zero-order chi connectivity index (χ0) is 23.7. The first-order valence-corrected chi connectivity index (χ1v) is 11.6. The molecule has 1 aliphatic rings. The van der Waals surface area contributed by atoms with Gasteiger partial charge in [0.15, 0.2) is 12.1 Å². The number of aromatic nitrogens is 5. The summed E-state index contributed by atoms with van der Waals surface area (Å²) in [7, 11) is 1.82. The number of rotatable bonds is 7. The lowest BCUT2D eigenvalue weighted by molar-refractivity contribution is -0.0366. The average molecular weight is 481 g/mol. The van der Waals surface area contributed by atoms with Crippen LogP contribution in [0, 0.1) is 0 Å². The molecule has 0 radical (unpaired) electrons. The third kappa shape index (κ3) is 4.49. The van der Waals surface area contributed by atoms with Crippen molar-refractivity contribution < 1.29 is 14.6 Å². The van der Waals surface area contributed by atoms with E-state index in [2.05, 4.69) is 20.5 Å². The van der Waals surface area contributed by atoms with Gasteiger partial charge >= 0.3 is 5.97 Å². The summed E-state index contributed by atoms with van der Waals surface area (Å²) in [6.45, 7) is 0.752. The van der Waals surface area contributed by atoms with Crippen molar-refractivity contribution in [3.8, 4) is 0 Å². The van der Waals surface area contributed by atoms with Crippen molar-refractivity contribution in [3.63, 3.8) is 0 Å². The molecule has 4 aromatic rings. The molecular formula is C24H25ClN6O3. The number of nitrogens with zero attached hydrogens (tertiary/aromatic N) is 5. The molecule has 0 amide bonds. The molecule has 0 spiro atoms. The summed E-state index contributed by atoms with van der Waals surface area (Å²) in [5.74, 6) is 0.340. The molecule has 1 unspecified atom stereocenters. The number of ether oxygens (including phenoxy) is 1. The van der Waals surface area contributed by atoms with E-state index >= 15 is 0 Å². The number of carboxylic acid groups (broad SMARTS) is 1. The maximum absolute atomic E-state index is 11.0. The second-order valence-corrected chi connectivity index (χ2v) is 8.75. The third-order valence-electron chi connectivity index (χ3n) is 6.03. The summed E-state index contributed by atoms with van der Waals surface area (Å²) >= 11 is 6.72. The van der Waals surface area contributed by atoms with Gasteiger partial charge in [-0.3, -0.25) is 0 Å². The van der Waals surface area contributed by atoms with Gasteiger partial charge in [0.05, 0.1) is 28.0 Å². The summed E-state index contributed by atoms with van der Waals surface area (Å²) < 4.78 is 9.47. The summed E-state index contributed by atoms with van der Waals surface area (Å²) in [5.41, 5.74) is 2.97. The predicted molar refractivity (Wildman–Crippen MR) is 129 cm³/mol. The Hall–Kier alpha value is -3.43. The van der Waals surface area contributed by atoms with E-state index in [4.69, 9.17) is 21.4 Å². The Labute approximate surface area is 201 Å². The van der Waals surface area contributed by atoms with Gasteiger partial charge in [-0.25, -0.2) is 14.2 Å². The minimum Gasteiger partial charge on any atom is -0.478 e. The molecule has 0 bridgehead atoms. The first kappa shape index (κ1) is 22.4. The fourth-order valence-corrected chi connectivity index (χ4v) is 4.43. The van der Waals surface area contributed by atoms with E-state index in [-0.39, 0.29) is 11.8 Å². The van der Waals surface area contributed by atoms with Crippen molar-refractivity contribution in [2.45, 2.75) is 38.3 Å². The number of nitrogens with one attached hydrogen (secondary N) is 1. The van der Waals surface area contributed by atoms with Crippen LogP contribution >= 0.6 is 11.6 Å². The van der Waals surface area contributed by atoms with Crippen LogP contribution in [0.5, 0.6) is 0 Å². The first-order chi connectivity index (χ1) is 16.5. The topological polar surface area (TPSA) is 107 Å². The van der Waals surface area contributed by atoms with Crippen LogP contribution in [0.15, 0.2) is 42.6 Å². The molecule has 5 rings (SSSR count). The van der Waals surface area contributed by atoms with E-state index in [0.29, 0.717) is 29.6 Å². The van der Waals surface area contributed by atoms with E-state index in [1.807, 2.05) is 36.0 Å². The minimum absolute atomic E-state index is 0.0530. The van der Waals surface area contributed by atoms with Crippen molar-refractivity contribution >= 4 is 40.1 Å². The molecule has 2 aromatic heterocycles. The quantitative estimate of drug-likeness (QED) is 0.393. The Bertz CT molecular complexity index is 1320. The maximum atomic E-state index is 11.0.